The summed E-state index contributed by atoms with van der Waals surface area (Å²) in [5, 5.41) is 15.2. The predicted octanol–water partition coefficient (Wildman–Crippen LogP) is 2.28. The van der Waals surface area contributed by atoms with Gasteiger partial charge in [0.2, 0.25) is 17.7 Å². The van der Waals surface area contributed by atoms with Gasteiger partial charge in [-0.3, -0.25) is 28.9 Å². The summed E-state index contributed by atoms with van der Waals surface area (Å²) < 4.78 is 0. The molecule has 0 saturated carbocycles. The molecule has 6 unspecified atom stereocenters. The number of fused-ring (bicyclic) bond motifs is 2. The summed E-state index contributed by atoms with van der Waals surface area (Å²) in [5.41, 5.74) is 12.7. The Kier molecular flexibility index (Phi) is 14.3. The molecule has 2 aromatic carbocycles. The molecular weight excluding hydrogens is 648 g/mol. The Labute approximate surface area is 301 Å². The number of unbranched alkanes of at least 4 members (excludes halogenated alkanes) is 1. The topological polar surface area (TPSA) is 188 Å². The maximum atomic E-state index is 14.1. The number of amides is 3. The van der Waals surface area contributed by atoms with Crippen molar-refractivity contribution in [2.24, 2.45) is 23.3 Å². The number of piperidine rings is 1. The molecule has 12 nitrogen and oxygen atoms in total. The van der Waals surface area contributed by atoms with E-state index < -0.39 is 35.4 Å². The number of hydrogen-bond acceptors (Lipinski definition) is 8. The Hall–Kier alpha value is -4.13. The van der Waals surface area contributed by atoms with E-state index in [0.29, 0.717) is 45.3 Å². The van der Waals surface area contributed by atoms with Crippen LogP contribution in [-0.4, -0.2) is 100 Å². The van der Waals surface area contributed by atoms with E-state index in [-0.39, 0.29) is 61.4 Å². The fourth-order valence-corrected chi connectivity index (χ4v) is 7.30. The number of carboxylic acids is 1. The lowest BCUT2D eigenvalue weighted by Gasteiger charge is -2.56. The zero-order chi connectivity index (χ0) is 37.1. The number of piperazine rings is 1. The number of benzene rings is 2. The molecular formula is C39H56N6O6. The first-order valence-corrected chi connectivity index (χ1v) is 18.2. The van der Waals surface area contributed by atoms with Gasteiger partial charge in [-0.1, -0.05) is 74.5 Å². The first kappa shape index (κ1) is 39.7. The summed E-state index contributed by atoms with van der Waals surface area (Å²) in [6, 6.07) is 17.1. The molecule has 51 heavy (non-hydrogen) atoms. The van der Waals surface area contributed by atoms with Crippen molar-refractivity contribution in [2.45, 2.75) is 102 Å². The zero-order valence-corrected chi connectivity index (χ0v) is 30.3. The highest BCUT2D eigenvalue weighted by Gasteiger charge is 2.47. The lowest BCUT2D eigenvalue weighted by molar-refractivity contribution is -0.154. The summed E-state index contributed by atoms with van der Waals surface area (Å²) in [6.07, 6.45) is 3.37. The van der Waals surface area contributed by atoms with Gasteiger partial charge in [-0.2, -0.15) is 0 Å². The summed E-state index contributed by atoms with van der Waals surface area (Å²) in [6.45, 7) is 6.82. The van der Waals surface area contributed by atoms with Crippen molar-refractivity contribution in [2.75, 3.05) is 26.2 Å². The molecule has 3 aliphatic heterocycles. The molecule has 3 saturated heterocycles. The summed E-state index contributed by atoms with van der Waals surface area (Å²) in [5.74, 6) is -2.87. The van der Waals surface area contributed by atoms with Gasteiger partial charge in [0.1, 0.15) is 6.04 Å². The average molecular weight is 705 g/mol. The Morgan fingerprint density at radius 2 is 1.51 bits per heavy atom. The lowest BCUT2D eigenvalue weighted by atomic mass is 9.86. The number of rotatable bonds is 20. The van der Waals surface area contributed by atoms with E-state index >= 15 is 0 Å². The van der Waals surface area contributed by atoms with Gasteiger partial charge >= 0.3 is 5.97 Å². The van der Waals surface area contributed by atoms with Gasteiger partial charge in [-0.15, -0.1) is 0 Å². The van der Waals surface area contributed by atoms with Crippen LogP contribution in [0.15, 0.2) is 60.7 Å². The van der Waals surface area contributed by atoms with E-state index in [4.69, 9.17) is 11.5 Å². The molecule has 3 amide bonds. The molecule has 278 valence electrons. The minimum Gasteiger partial charge on any atom is -0.480 e. The first-order valence-electron chi connectivity index (χ1n) is 18.2. The molecule has 0 spiro atoms. The Morgan fingerprint density at radius 1 is 0.902 bits per heavy atom. The molecule has 0 radical (unpaired) electrons. The van der Waals surface area contributed by atoms with E-state index in [0.717, 1.165) is 17.5 Å². The van der Waals surface area contributed by atoms with Crippen LogP contribution in [0.25, 0.3) is 0 Å². The number of nitrogens with two attached hydrogens (primary N) is 2. The van der Waals surface area contributed by atoms with Crippen LogP contribution < -0.4 is 22.1 Å². The van der Waals surface area contributed by atoms with Crippen molar-refractivity contribution in [3.05, 3.63) is 71.8 Å². The molecule has 6 atom stereocenters. The number of carbonyl (C=O) groups is 5. The predicted molar refractivity (Wildman–Crippen MR) is 195 cm³/mol. The fourth-order valence-electron chi connectivity index (χ4n) is 7.30. The second-order valence-corrected chi connectivity index (χ2v) is 15.0. The van der Waals surface area contributed by atoms with Crippen molar-refractivity contribution in [3.8, 4) is 0 Å². The van der Waals surface area contributed by atoms with Crippen molar-refractivity contribution >= 4 is 29.5 Å². The standard InChI is InChI=1S/C39H56N6O6/c1-26(2)18-29(36(49)42-32(16-10-11-17-40)37(50)44-23-30-21-31(24-44)45(30)25-35(47)48)20-34(46)33(19-27-12-6-4-7-13-27)43-38(51)39(3,41)22-28-14-8-5-9-15-28/h4-9,12-15,26,29-33H,10-11,16-25,40-41H2,1-3H3,(H,42,49)(H,43,51)(H,47,48). The molecule has 2 aromatic rings. The van der Waals surface area contributed by atoms with E-state index in [1.165, 1.54) is 0 Å². The number of hydrogen-bond donors (Lipinski definition) is 5. The lowest BCUT2D eigenvalue weighted by Crippen LogP contribution is -2.71. The largest absolute Gasteiger partial charge is 0.480 e. The van der Waals surface area contributed by atoms with Crippen molar-refractivity contribution in [1.82, 2.24) is 20.4 Å². The number of Topliss-reactive ketones (excluding diaryl/α,β-unsaturated/α-hetero) is 1. The third-order valence-electron chi connectivity index (χ3n) is 10.0. The van der Waals surface area contributed by atoms with E-state index in [1.807, 2.05) is 79.4 Å². The van der Waals surface area contributed by atoms with Gasteiger partial charge in [-0.25, -0.2) is 0 Å². The van der Waals surface area contributed by atoms with Crippen LogP contribution >= 0.6 is 0 Å². The zero-order valence-electron chi connectivity index (χ0n) is 30.3. The number of nitrogens with one attached hydrogen (secondary N) is 2. The van der Waals surface area contributed by atoms with Crippen molar-refractivity contribution < 1.29 is 29.1 Å². The Morgan fingerprint density at radius 3 is 2.08 bits per heavy atom. The normalized spacial score (nSPS) is 20.0. The number of ketones is 1. The van der Waals surface area contributed by atoms with Gasteiger partial charge in [0.05, 0.1) is 18.1 Å². The van der Waals surface area contributed by atoms with Gasteiger partial charge in [0.25, 0.3) is 0 Å². The van der Waals surface area contributed by atoms with Crippen LogP contribution in [0.4, 0.5) is 0 Å². The van der Waals surface area contributed by atoms with Gasteiger partial charge in [-0.05, 0) is 75.5 Å². The van der Waals surface area contributed by atoms with E-state index in [1.54, 1.807) is 11.8 Å². The number of carbonyl (C=O) groups excluding carboxylic acids is 4. The summed E-state index contributed by atoms with van der Waals surface area (Å²) in [4.78, 5) is 70.6. The summed E-state index contributed by atoms with van der Waals surface area (Å²) in [7, 11) is 0. The Balaban J connectivity index is 1.48. The number of nitrogens with zero attached hydrogens (tertiary/aromatic N) is 2. The molecule has 3 fully saturated rings. The third-order valence-corrected chi connectivity index (χ3v) is 10.0. The van der Waals surface area contributed by atoms with Crippen molar-refractivity contribution in [1.29, 1.82) is 0 Å². The van der Waals surface area contributed by atoms with Gasteiger partial charge < -0.3 is 32.1 Å². The highest BCUT2D eigenvalue weighted by molar-refractivity contribution is 5.96. The van der Waals surface area contributed by atoms with E-state index in [9.17, 15) is 29.1 Å². The number of carboxylic acid groups (broad SMARTS) is 1. The molecule has 0 aromatic heterocycles. The molecule has 2 bridgehead atoms. The van der Waals surface area contributed by atoms with Crippen LogP contribution in [0.5, 0.6) is 0 Å². The maximum absolute atomic E-state index is 14.1. The smallest absolute Gasteiger partial charge is 0.317 e. The molecule has 12 heteroatoms. The van der Waals surface area contributed by atoms with E-state index in [2.05, 4.69) is 10.6 Å². The van der Waals surface area contributed by atoms with Gasteiger partial charge in [0, 0.05) is 37.5 Å². The summed E-state index contributed by atoms with van der Waals surface area (Å²) >= 11 is 0. The second-order valence-electron chi connectivity index (χ2n) is 15.0. The second kappa shape index (κ2) is 18.4. The van der Waals surface area contributed by atoms with Crippen LogP contribution in [0.2, 0.25) is 0 Å². The average Bonchev–Trinajstić information content (AvgIpc) is 3.09. The monoisotopic (exact) mass is 704 g/mol. The molecule has 3 aliphatic rings. The quantitative estimate of drug-likeness (QED) is 0.129. The molecule has 5 rings (SSSR count). The maximum Gasteiger partial charge on any atom is 0.317 e. The third kappa shape index (κ3) is 11.4. The van der Waals surface area contributed by atoms with Gasteiger partial charge in [0.15, 0.2) is 5.78 Å². The highest BCUT2D eigenvalue weighted by atomic mass is 16.4. The Bertz CT molecular complexity index is 1470. The first-order chi connectivity index (χ1) is 24.3. The molecule has 3 heterocycles. The van der Waals surface area contributed by atoms with Crippen LogP contribution in [0.1, 0.15) is 70.4 Å². The minimum absolute atomic E-state index is 0.0182. The van der Waals surface area contributed by atoms with Crippen molar-refractivity contribution in [3.63, 3.8) is 0 Å². The number of aliphatic carboxylic acids is 1. The SMILES string of the molecule is CC(C)CC(CC(=O)C(Cc1ccccc1)NC(=O)C(C)(N)Cc1ccccc1)C(=O)NC(CCCCN)C(=O)N1CC2CC(C1)N2CC(=O)O. The van der Waals surface area contributed by atoms with Crippen LogP contribution in [0, 0.1) is 11.8 Å². The molecule has 0 aliphatic carbocycles. The fraction of sp³-hybridized carbons (Fsp3) is 0.564. The van der Waals surface area contributed by atoms with Crippen LogP contribution in [-0.2, 0) is 36.8 Å². The minimum atomic E-state index is -1.29. The van der Waals surface area contributed by atoms with Crippen LogP contribution in [0.3, 0.4) is 0 Å². The molecule has 7 N–H and O–H groups in total. The highest BCUT2D eigenvalue weighted by Crippen LogP contribution is 2.32.